The molecule has 1 aliphatic rings. The normalized spacial score (nSPS) is 13.5. The Bertz CT molecular complexity index is 654. The first-order chi connectivity index (χ1) is 10.2. The zero-order valence-corrected chi connectivity index (χ0v) is 12.6. The molecule has 0 aliphatic carbocycles. The van der Waals surface area contributed by atoms with Gasteiger partial charge in [-0.1, -0.05) is 11.3 Å². The van der Waals surface area contributed by atoms with Gasteiger partial charge in [-0.05, 0) is 37.1 Å². The third kappa shape index (κ3) is 3.33. The first-order valence-electron chi connectivity index (χ1n) is 6.99. The third-order valence-corrected chi connectivity index (χ3v) is 4.16. The van der Waals surface area contributed by atoms with Gasteiger partial charge in [-0.25, -0.2) is 4.98 Å². The molecule has 0 fully saturated rings. The van der Waals surface area contributed by atoms with Gasteiger partial charge in [-0.2, -0.15) is 0 Å². The maximum atomic E-state index is 11.3. The van der Waals surface area contributed by atoms with E-state index in [1.54, 1.807) is 11.3 Å². The number of nitrogens with zero attached hydrogens (tertiary/aromatic N) is 1. The fourth-order valence-corrected chi connectivity index (χ4v) is 3.00. The standard InChI is InChI=1S/C15H17N3O2S/c1-2-16-15-17-8-12(21-15)9-20-11-4-5-13-10(7-11)3-6-14(19)18-13/h4-5,7-8H,2-3,6,9H2,1H3,(H,16,17)(H,18,19). The Morgan fingerprint density at radius 3 is 3.19 bits per heavy atom. The van der Waals surface area contributed by atoms with Crippen molar-refractivity contribution in [2.75, 3.05) is 17.2 Å². The Morgan fingerprint density at radius 2 is 2.33 bits per heavy atom. The van der Waals surface area contributed by atoms with Gasteiger partial charge in [0.15, 0.2) is 5.13 Å². The van der Waals surface area contributed by atoms with E-state index in [0.29, 0.717) is 13.0 Å². The van der Waals surface area contributed by atoms with Crippen molar-refractivity contribution < 1.29 is 9.53 Å². The van der Waals surface area contributed by atoms with E-state index in [4.69, 9.17) is 4.74 Å². The number of hydrogen-bond donors (Lipinski definition) is 2. The average Bonchev–Trinajstić information content (AvgIpc) is 2.93. The second-order valence-electron chi connectivity index (χ2n) is 4.82. The molecule has 2 N–H and O–H groups in total. The highest BCUT2D eigenvalue weighted by Crippen LogP contribution is 2.27. The van der Waals surface area contributed by atoms with E-state index in [1.807, 2.05) is 31.3 Å². The second-order valence-corrected chi connectivity index (χ2v) is 5.93. The summed E-state index contributed by atoms with van der Waals surface area (Å²) in [5.41, 5.74) is 2.02. The highest BCUT2D eigenvalue weighted by atomic mass is 32.1. The summed E-state index contributed by atoms with van der Waals surface area (Å²) in [6, 6.07) is 5.79. The molecule has 1 aliphatic heterocycles. The number of aryl methyl sites for hydroxylation is 1. The van der Waals surface area contributed by atoms with Crippen molar-refractivity contribution in [3.63, 3.8) is 0 Å². The van der Waals surface area contributed by atoms with Gasteiger partial charge in [0.2, 0.25) is 5.91 Å². The summed E-state index contributed by atoms with van der Waals surface area (Å²) in [6.45, 7) is 3.42. The van der Waals surface area contributed by atoms with E-state index < -0.39 is 0 Å². The molecule has 0 atom stereocenters. The minimum atomic E-state index is 0.0804. The van der Waals surface area contributed by atoms with Crippen molar-refractivity contribution in [1.82, 2.24) is 4.98 Å². The lowest BCUT2D eigenvalue weighted by atomic mass is 10.0. The Balaban J connectivity index is 1.63. The zero-order chi connectivity index (χ0) is 14.7. The molecule has 0 spiro atoms. The lowest BCUT2D eigenvalue weighted by molar-refractivity contribution is -0.116. The molecular weight excluding hydrogens is 286 g/mol. The lowest BCUT2D eigenvalue weighted by Crippen LogP contribution is -2.18. The van der Waals surface area contributed by atoms with Crippen molar-refractivity contribution in [2.24, 2.45) is 0 Å². The number of thiazole rings is 1. The van der Waals surface area contributed by atoms with Crippen LogP contribution < -0.4 is 15.4 Å². The molecule has 0 radical (unpaired) electrons. The number of benzene rings is 1. The minimum Gasteiger partial charge on any atom is -0.488 e. The van der Waals surface area contributed by atoms with Gasteiger partial charge >= 0.3 is 0 Å². The monoisotopic (exact) mass is 303 g/mol. The zero-order valence-electron chi connectivity index (χ0n) is 11.8. The molecule has 0 saturated carbocycles. The summed E-state index contributed by atoms with van der Waals surface area (Å²) >= 11 is 1.60. The highest BCUT2D eigenvalue weighted by molar-refractivity contribution is 7.15. The Hall–Kier alpha value is -2.08. The van der Waals surface area contributed by atoms with Crippen LogP contribution >= 0.6 is 11.3 Å². The number of hydrogen-bond acceptors (Lipinski definition) is 5. The van der Waals surface area contributed by atoms with Crippen molar-refractivity contribution in [3.05, 3.63) is 34.8 Å². The van der Waals surface area contributed by atoms with E-state index in [2.05, 4.69) is 15.6 Å². The van der Waals surface area contributed by atoms with Crippen LogP contribution in [0, 0.1) is 0 Å². The molecule has 0 unspecified atom stereocenters. The SMILES string of the molecule is CCNc1ncc(COc2ccc3c(c2)CCC(=O)N3)s1. The maximum Gasteiger partial charge on any atom is 0.224 e. The number of carbonyl (C=O) groups is 1. The third-order valence-electron chi connectivity index (χ3n) is 3.23. The summed E-state index contributed by atoms with van der Waals surface area (Å²) in [5, 5.41) is 6.97. The topological polar surface area (TPSA) is 63.3 Å². The molecular formula is C15H17N3O2S. The summed E-state index contributed by atoms with van der Waals surface area (Å²) in [5.74, 6) is 0.903. The van der Waals surface area contributed by atoms with Gasteiger partial charge in [0.05, 0.1) is 4.88 Å². The van der Waals surface area contributed by atoms with Gasteiger partial charge in [-0.3, -0.25) is 4.79 Å². The van der Waals surface area contributed by atoms with Gasteiger partial charge < -0.3 is 15.4 Å². The number of carbonyl (C=O) groups excluding carboxylic acids is 1. The number of amides is 1. The number of aromatic nitrogens is 1. The van der Waals surface area contributed by atoms with E-state index in [9.17, 15) is 4.79 Å². The van der Waals surface area contributed by atoms with Gasteiger partial charge in [0, 0.05) is 24.8 Å². The van der Waals surface area contributed by atoms with Crippen molar-refractivity contribution >= 4 is 28.1 Å². The summed E-state index contributed by atoms with van der Waals surface area (Å²) in [6.07, 6.45) is 3.14. The maximum absolute atomic E-state index is 11.3. The summed E-state index contributed by atoms with van der Waals surface area (Å²) < 4.78 is 5.81. The van der Waals surface area contributed by atoms with Gasteiger partial charge in [0.1, 0.15) is 12.4 Å². The van der Waals surface area contributed by atoms with Crippen LogP contribution in [0.5, 0.6) is 5.75 Å². The van der Waals surface area contributed by atoms with Crippen LogP contribution in [-0.4, -0.2) is 17.4 Å². The van der Waals surface area contributed by atoms with Crippen molar-refractivity contribution in [2.45, 2.75) is 26.4 Å². The molecule has 110 valence electrons. The smallest absolute Gasteiger partial charge is 0.224 e. The van der Waals surface area contributed by atoms with E-state index >= 15 is 0 Å². The number of nitrogens with one attached hydrogen (secondary N) is 2. The second kappa shape index (κ2) is 6.13. The molecule has 2 heterocycles. The molecule has 1 aromatic heterocycles. The van der Waals surface area contributed by atoms with Crippen LogP contribution in [0.4, 0.5) is 10.8 Å². The average molecular weight is 303 g/mol. The van der Waals surface area contributed by atoms with Gasteiger partial charge in [-0.15, -0.1) is 0 Å². The number of fused-ring (bicyclic) bond motifs is 1. The van der Waals surface area contributed by atoms with Crippen LogP contribution in [0.15, 0.2) is 24.4 Å². The fraction of sp³-hybridized carbons (Fsp3) is 0.333. The molecule has 2 aromatic rings. The molecule has 5 nitrogen and oxygen atoms in total. The van der Waals surface area contributed by atoms with E-state index in [-0.39, 0.29) is 5.91 Å². The number of ether oxygens (including phenoxy) is 1. The first kappa shape index (κ1) is 13.9. The van der Waals surface area contributed by atoms with Crippen LogP contribution in [0.1, 0.15) is 23.8 Å². The Morgan fingerprint density at radius 1 is 1.43 bits per heavy atom. The molecule has 3 rings (SSSR count). The molecule has 21 heavy (non-hydrogen) atoms. The minimum absolute atomic E-state index is 0.0804. The molecule has 1 aromatic carbocycles. The lowest BCUT2D eigenvalue weighted by Gasteiger charge is -2.17. The van der Waals surface area contributed by atoms with Crippen molar-refractivity contribution in [1.29, 1.82) is 0 Å². The molecule has 1 amide bonds. The highest BCUT2D eigenvalue weighted by Gasteiger charge is 2.15. The summed E-state index contributed by atoms with van der Waals surface area (Å²) in [7, 11) is 0. The number of anilines is 2. The van der Waals surface area contributed by atoms with Gasteiger partial charge in [0.25, 0.3) is 0 Å². The quantitative estimate of drug-likeness (QED) is 0.891. The largest absolute Gasteiger partial charge is 0.488 e. The first-order valence-corrected chi connectivity index (χ1v) is 7.80. The molecule has 6 heteroatoms. The van der Waals surface area contributed by atoms with Crippen LogP contribution in [0.2, 0.25) is 0 Å². The number of rotatable bonds is 5. The summed E-state index contributed by atoms with van der Waals surface area (Å²) in [4.78, 5) is 16.7. The van der Waals surface area contributed by atoms with E-state index in [1.165, 1.54) is 0 Å². The van der Waals surface area contributed by atoms with Crippen LogP contribution in [0.3, 0.4) is 0 Å². The Kier molecular flexibility index (Phi) is 4.06. The fourth-order valence-electron chi connectivity index (χ4n) is 2.21. The molecule has 0 bridgehead atoms. The predicted molar refractivity (Wildman–Crippen MR) is 84.0 cm³/mol. The molecule has 0 saturated heterocycles. The Labute approximate surface area is 127 Å². The van der Waals surface area contributed by atoms with Crippen molar-refractivity contribution in [3.8, 4) is 5.75 Å². The van der Waals surface area contributed by atoms with Crippen LogP contribution in [-0.2, 0) is 17.8 Å². The van der Waals surface area contributed by atoms with Crippen LogP contribution in [0.25, 0.3) is 0 Å². The predicted octanol–water partition coefficient (Wildman–Crippen LogP) is 3.04. The van der Waals surface area contributed by atoms with E-state index in [0.717, 1.165) is 40.0 Å².